The third kappa shape index (κ3) is 1.94. The molecule has 0 saturated carbocycles. The first-order valence-corrected chi connectivity index (χ1v) is 3.62. The molecule has 0 atom stereocenters. The Morgan fingerprint density at radius 1 is 1.69 bits per heavy atom. The molecule has 5 nitrogen and oxygen atoms in total. The van der Waals surface area contributed by atoms with Crippen molar-refractivity contribution in [3.8, 4) is 5.75 Å². The van der Waals surface area contributed by atoms with Crippen LogP contribution in [0.25, 0.3) is 0 Å². The van der Waals surface area contributed by atoms with E-state index in [1.807, 2.05) is 0 Å². The molecule has 0 aliphatic rings. The van der Waals surface area contributed by atoms with Crippen LogP contribution in [-0.2, 0) is 4.84 Å². The number of hydrogen-bond acceptors (Lipinski definition) is 4. The molecule has 0 unspecified atom stereocenters. The lowest BCUT2D eigenvalue weighted by molar-refractivity contribution is -0.0758. The monoisotopic (exact) mass is 182 g/mol. The molecule has 0 bridgehead atoms. The van der Waals surface area contributed by atoms with Crippen molar-refractivity contribution in [2.24, 2.45) is 0 Å². The second-order valence-corrected chi connectivity index (χ2v) is 2.38. The van der Waals surface area contributed by atoms with Gasteiger partial charge in [-0.15, -0.1) is 0 Å². The van der Waals surface area contributed by atoms with Crippen LogP contribution in [0.4, 0.5) is 0 Å². The Kier molecular flexibility index (Phi) is 2.81. The molecule has 70 valence electrons. The summed E-state index contributed by atoms with van der Waals surface area (Å²) in [4.78, 5) is 19.7. The second kappa shape index (κ2) is 3.86. The summed E-state index contributed by atoms with van der Waals surface area (Å²) in [6.45, 7) is 0. The topological polar surface area (TPSA) is 62.7 Å². The lowest BCUT2D eigenvalue weighted by Crippen LogP contribution is -2.25. The van der Waals surface area contributed by atoms with Crippen molar-refractivity contribution < 1.29 is 14.7 Å². The molecule has 0 fully saturated rings. The average molecular weight is 182 g/mol. The van der Waals surface area contributed by atoms with Gasteiger partial charge in [0.05, 0.1) is 18.9 Å². The SMILES string of the molecule is CON(C)C(=O)c1ccncc1O. The number of hydrogen-bond donors (Lipinski definition) is 1. The van der Waals surface area contributed by atoms with Gasteiger partial charge in [-0.25, -0.2) is 5.06 Å². The van der Waals surface area contributed by atoms with E-state index in [-0.39, 0.29) is 11.3 Å². The molecule has 1 amide bonds. The largest absolute Gasteiger partial charge is 0.505 e. The number of carbonyl (C=O) groups is 1. The highest BCUT2D eigenvalue weighted by Crippen LogP contribution is 2.15. The molecular weight excluding hydrogens is 172 g/mol. The summed E-state index contributed by atoms with van der Waals surface area (Å²) in [7, 11) is 2.83. The molecule has 1 heterocycles. The first-order valence-electron chi connectivity index (χ1n) is 3.62. The average Bonchev–Trinajstić information content (AvgIpc) is 2.16. The Hall–Kier alpha value is -1.62. The molecule has 0 aliphatic heterocycles. The van der Waals surface area contributed by atoms with Crippen molar-refractivity contribution in [2.75, 3.05) is 14.2 Å². The van der Waals surface area contributed by atoms with Gasteiger partial charge in [0.15, 0.2) is 0 Å². The maximum absolute atomic E-state index is 11.4. The first kappa shape index (κ1) is 9.47. The van der Waals surface area contributed by atoms with Gasteiger partial charge in [0.1, 0.15) is 5.75 Å². The Morgan fingerprint density at radius 2 is 2.38 bits per heavy atom. The van der Waals surface area contributed by atoms with Crippen molar-refractivity contribution >= 4 is 5.91 Å². The predicted octanol–water partition coefficient (Wildman–Crippen LogP) is 0.421. The lowest BCUT2D eigenvalue weighted by Gasteiger charge is -2.13. The van der Waals surface area contributed by atoms with Crippen LogP contribution in [0, 0.1) is 0 Å². The van der Waals surface area contributed by atoms with Crippen LogP contribution in [0.5, 0.6) is 5.75 Å². The van der Waals surface area contributed by atoms with Gasteiger partial charge in [-0.2, -0.15) is 0 Å². The molecule has 0 spiro atoms. The van der Waals surface area contributed by atoms with Crippen LogP contribution in [0.15, 0.2) is 18.5 Å². The summed E-state index contributed by atoms with van der Waals surface area (Å²) >= 11 is 0. The summed E-state index contributed by atoms with van der Waals surface area (Å²) < 4.78 is 0. The number of amides is 1. The van der Waals surface area contributed by atoms with Crippen LogP contribution < -0.4 is 0 Å². The lowest BCUT2D eigenvalue weighted by atomic mass is 10.2. The van der Waals surface area contributed by atoms with E-state index in [1.54, 1.807) is 0 Å². The van der Waals surface area contributed by atoms with Crippen molar-refractivity contribution in [3.05, 3.63) is 24.0 Å². The minimum absolute atomic E-state index is 0.156. The van der Waals surface area contributed by atoms with Crippen LogP contribution in [0.1, 0.15) is 10.4 Å². The number of rotatable bonds is 2. The Morgan fingerprint density at radius 3 is 2.92 bits per heavy atom. The molecule has 0 aromatic carbocycles. The molecule has 1 aromatic heterocycles. The van der Waals surface area contributed by atoms with Crippen molar-refractivity contribution in [1.29, 1.82) is 0 Å². The fraction of sp³-hybridized carbons (Fsp3) is 0.250. The molecule has 1 N–H and O–H groups in total. The van der Waals surface area contributed by atoms with Gasteiger partial charge in [-0.05, 0) is 6.07 Å². The molecule has 0 radical (unpaired) electrons. The van der Waals surface area contributed by atoms with E-state index in [0.717, 1.165) is 5.06 Å². The van der Waals surface area contributed by atoms with E-state index >= 15 is 0 Å². The minimum atomic E-state index is -0.414. The van der Waals surface area contributed by atoms with Crippen LogP contribution in [0.2, 0.25) is 0 Å². The van der Waals surface area contributed by atoms with Crippen molar-refractivity contribution in [2.45, 2.75) is 0 Å². The molecule has 1 aromatic rings. The van der Waals surface area contributed by atoms with Gasteiger partial charge in [0, 0.05) is 13.2 Å². The molecule has 5 heteroatoms. The standard InChI is InChI=1S/C8H10N2O3/c1-10(13-2)8(12)6-3-4-9-5-7(6)11/h3-5,11H,1-2H3. The maximum Gasteiger partial charge on any atom is 0.281 e. The smallest absolute Gasteiger partial charge is 0.281 e. The molecule has 13 heavy (non-hydrogen) atoms. The molecular formula is C8H10N2O3. The van der Waals surface area contributed by atoms with Gasteiger partial charge < -0.3 is 5.11 Å². The quantitative estimate of drug-likeness (QED) is 0.673. The molecule has 1 rings (SSSR count). The van der Waals surface area contributed by atoms with Crippen LogP contribution in [0.3, 0.4) is 0 Å². The summed E-state index contributed by atoms with van der Waals surface area (Å²) in [6.07, 6.45) is 2.63. The predicted molar refractivity (Wildman–Crippen MR) is 45.0 cm³/mol. The van der Waals surface area contributed by atoms with Gasteiger partial charge >= 0.3 is 0 Å². The Bertz CT molecular complexity index is 314. The number of pyridine rings is 1. The van der Waals surface area contributed by atoms with Crippen molar-refractivity contribution in [3.63, 3.8) is 0 Å². The molecule has 0 aliphatic carbocycles. The van der Waals surface area contributed by atoms with Crippen LogP contribution >= 0.6 is 0 Å². The second-order valence-electron chi connectivity index (χ2n) is 2.38. The summed E-state index contributed by atoms with van der Waals surface area (Å²) in [5.41, 5.74) is 0.166. The highest BCUT2D eigenvalue weighted by molar-refractivity contribution is 5.95. The van der Waals surface area contributed by atoms with Gasteiger partial charge in [0.2, 0.25) is 0 Å². The number of aromatic hydroxyl groups is 1. The highest BCUT2D eigenvalue weighted by Gasteiger charge is 2.14. The Balaban J connectivity index is 2.95. The zero-order chi connectivity index (χ0) is 9.84. The molecule has 0 saturated heterocycles. The number of aromatic nitrogens is 1. The van der Waals surface area contributed by atoms with E-state index in [1.165, 1.54) is 32.6 Å². The Labute approximate surface area is 75.5 Å². The van der Waals surface area contributed by atoms with E-state index in [4.69, 9.17) is 0 Å². The number of carbonyl (C=O) groups excluding carboxylic acids is 1. The van der Waals surface area contributed by atoms with E-state index in [2.05, 4.69) is 9.82 Å². The summed E-state index contributed by atoms with van der Waals surface area (Å²) in [5, 5.41) is 10.3. The third-order valence-corrected chi connectivity index (χ3v) is 1.59. The third-order valence-electron chi connectivity index (χ3n) is 1.59. The van der Waals surface area contributed by atoms with E-state index in [9.17, 15) is 9.90 Å². The zero-order valence-electron chi connectivity index (χ0n) is 7.39. The zero-order valence-corrected chi connectivity index (χ0v) is 7.39. The van der Waals surface area contributed by atoms with Gasteiger partial charge in [0.25, 0.3) is 5.91 Å². The normalized spacial score (nSPS) is 9.69. The van der Waals surface area contributed by atoms with E-state index < -0.39 is 5.91 Å². The van der Waals surface area contributed by atoms with Gasteiger partial charge in [-0.1, -0.05) is 0 Å². The van der Waals surface area contributed by atoms with E-state index in [0.29, 0.717) is 0 Å². The fourth-order valence-corrected chi connectivity index (χ4v) is 0.820. The fourth-order valence-electron chi connectivity index (χ4n) is 0.820. The summed E-state index contributed by atoms with van der Waals surface area (Å²) in [6, 6.07) is 1.42. The van der Waals surface area contributed by atoms with Gasteiger partial charge in [-0.3, -0.25) is 14.6 Å². The first-order chi connectivity index (χ1) is 6.16. The number of nitrogens with zero attached hydrogens (tertiary/aromatic N) is 2. The van der Waals surface area contributed by atoms with Crippen LogP contribution in [-0.4, -0.2) is 35.2 Å². The highest BCUT2D eigenvalue weighted by atomic mass is 16.7. The maximum atomic E-state index is 11.4. The van der Waals surface area contributed by atoms with Crippen molar-refractivity contribution in [1.82, 2.24) is 10.0 Å². The number of hydroxylamine groups is 2. The summed E-state index contributed by atoms with van der Waals surface area (Å²) in [5.74, 6) is -0.571. The minimum Gasteiger partial charge on any atom is -0.505 e.